The molecule has 0 radical (unpaired) electrons. The lowest BCUT2D eigenvalue weighted by molar-refractivity contribution is -0.145. The van der Waals surface area contributed by atoms with Crippen LogP contribution in [0.1, 0.15) is 79.1 Å². The van der Waals surface area contributed by atoms with E-state index in [4.69, 9.17) is 4.74 Å². The summed E-state index contributed by atoms with van der Waals surface area (Å²) in [4.78, 5) is 24.3. The van der Waals surface area contributed by atoms with Crippen molar-refractivity contribution in [3.63, 3.8) is 0 Å². The van der Waals surface area contributed by atoms with Crippen molar-refractivity contribution < 1.29 is 14.3 Å². The fourth-order valence-electron chi connectivity index (χ4n) is 8.85. The van der Waals surface area contributed by atoms with Gasteiger partial charge in [0.25, 0.3) is 0 Å². The molecule has 32 heavy (non-hydrogen) atoms. The Balaban J connectivity index is 1.31. The first-order chi connectivity index (χ1) is 15.3. The van der Waals surface area contributed by atoms with E-state index >= 15 is 0 Å². The van der Waals surface area contributed by atoms with Crippen LogP contribution < -0.4 is 5.32 Å². The summed E-state index contributed by atoms with van der Waals surface area (Å²) in [5.74, 6) is 4.78. The molecule has 0 aromatic heterocycles. The molecule has 5 heteroatoms. The third-order valence-corrected chi connectivity index (χ3v) is 12.0. The van der Waals surface area contributed by atoms with Crippen LogP contribution >= 0.6 is 11.8 Å². The van der Waals surface area contributed by atoms with Crippen molar-refractivity contribution in [1.82, 2.24) is 5.32 Å². The molecule has 1 aliphatic heterocycles. The zero-order chi connectivity index (χ0) is 22.7. The van der Waals surface area contributed by atoms with Crippen LogP contribution in [0.25, 0.3) is 0 Å². The third kappa shape index (κ3) is 3.52. The average molecular weight is 460 g/mol. The Morgan fingerprint density at radius 3 is 2.78 bits per heavy atom. The fourth-order valence-corrected chi connectivity index (χ4v) is 10.2. The molecule has 1 heterocycles. The number of esters is 1. The Labute approximate surface area is 198 Å². The zero-order valence-electron chi connectivity index (χ0n) is 20.3. The molecule has 1 N–H and O–H groups in total. The number of rotatable bonds is 4. The van der Waals surface area contributed by atoms with Crippen molar-refractivity contribution in [2.24, 2.45) is 40.4 Å². The molecule has 3 saturated carbocycles. The van der Waals surface area contributed by atoms with Gasteiger partial charge in [0.05, 0.1) is 12.0 Å². The van der Waals surface area contributed by atoms with Gasteiger partial charge in [-0.2, -0.15) is 0 Å². The van der Waals surface area contributed by atoms with E-state index in [1.54, 1.807) is 0 Å². The number of allylic oxidation sites excluding steroid dienone is 1. The first kappa shape index (κ1) is 23.0. The molecule has 0 aromatic carbocycles. The predicted molar refractivity (Wildman–Crippen MR) is 129 cm³/mol. The SMILES string of the molecule is CCOC(=O)[C@@H]1CS[C@H]([C@@H](C)[C@H]2CC[C@H]3[C@@H]4CCC5=CC(=O)CC[C@]5(C)[C@H]4CC[C@]23C)N1. The summed E-state index contributed by atoms with van der Waals surface area (Å²) in [6, 6.07) is -0.148. The molecule has 178 valence electrons. The van der Waals surface area contributed by atoms with E-state index in [9.17, 15) is 9.59 Å². The van der Waals surface area contributed by atoms with Crippen LogP contribution in [-0.4, -0.2) is 35.5 Å². The minimum atomic E-state index is -0.148. The minimum Gasteiger partial charge on any atom is -0.465 e. The van der Waals surface area contributed by atoms with E-state index in [2.05, 4.69) is 26.1 Å². The van der Waals surface area contributed by atoms with Gasteiger partial charge in [0.15, 0.2) is 5.78 Å². The van der Waals surface area contributed by atoms with Crippen molar-refractivity contribution in [3.05, 3.63) is 11.6 Å². The molecule has 5 aliphatic rings. The van der Waals surface area contributed by atoms with Crippen molar-refractivity contribution in [3.8, 4) is 0 Å². The van der Waals surface area contributed by atoms with Crippen molar-refractivity contribution in [2.75, 3.05) is 12.4 Å². The standard InChI is InChI=1S/C27H41NO3S/c1-5-31-25(30)23-15-32-24(28-23)16(2)20-8-9-21-19-7-6-17-14-18(29)10-12-26(17,3)22(19)11-13-27(20,21)4/h14,16,19-24,28H,5-13,15H2,1-4H3/t16-,19-,20+,21-,22-,23-,24+,26-,27+/m0/s1. The highest BCUT2D eigenvalue weighted by atomic mass is 32.2. The Morgan fingerprint density at radius 1 is 1.19 bits per heavy atom. The highest BCUT2D eigenvalue weighted by Crippen LogP contribution is 2.67. The summed E-state index contributed by atoms with van der Waals surface area (Å²) < 4.78 is 5.26. The van der Waals surface area contributed by atoms with Crippen LogP contribution in [0.4, 0.5) is 0 Å². The van der Waals surface area contributed by atoms with E-state index in [-0.39, 0.29) is 17.4 Å². The number of nitrogens with one attached hydrogen (secondary N) is 1. The topological polar surface area (TPSA) is 55.4 Å². The summed E-state index contributed by atoms with van der Waals surface area (Å²) in [5, 5.41) is 3.97. The quantitative estimate of drug-likeness (QED) is 0.573. The van der Waals surface area contributed by atoms with Crippen LogP contribution in [0.15, 0.2) is 11.6 Å². The number of hydrogen-bond acceptors (Lipinski definition) is 5. The molecule has 0 bridgehead atoms. The van der Waals surface area contributed by atoms with Gasteiger partial charge >= 0.3 is 5.97 Å². The fraction of sp³-hybridized carbons (Fsp3) is 0.852. The van der Waals surface area contributed by atoms with Crippen molar-refractivity contribution in [1.29, 1.82) is 0 Å². The first-order valence-corrected chi connectivity index (χ1v) is 14.1. The van der Waals surface area contributed by atoms with Gasteiger partial charge in [-0.25, -0.2) is 0 Å². The molecule has 9 atom stereocenters. The highest BCUT2D eigenvalue weighted by molar-refractivity contribution is 8.00. The molecule has 0 spiro atoms. The van der Waals surface area contributed by atoms with Gasteiger partial charge in [-0.15, -0.1) is 11.8 Å². The molecule has 1 saturated heterocycles. The molecule has 4 fully saturated rings. The van der Waals surface area contributed by atoms with Gasteiger partial charge in [0, 0.05) is 12.2 Å². The monoisotopic (exact) mass is 459 g/mol. The number of ether oxygens (including phenoxy) is 1. The van der Waals surface area contributed by atoms with Crippen LogP contribution in [-0.2, 0) is 14.3 Å². The Bertz CT molecular complexity index is 811. The van der Waals surface area contributed by atoms with E-state index in [0.717, 1.165) is 48.7 Å². The van der Waals surface area contributed by atoms with Gasteiger partial charge in [-0.1, -0.05) is 26.3 Å². The van der Waals surface area contributed by atoms with Gasteiger partial charge in [-0.05, 0) is 98.4 Å². The van der Waals surface area contributed by atoms with E-state index in [0.29, 0.717) is 29.1 Å². The largest absolute Gasteiger partial charge is 0.465 e. The van der Waals surface area contributed by atoms with Crippen LogP contribution in [0.2, 0.25) is 0 Å². The van der Waals surface area contributed by atoms with Gasteiger partial charge in [0.2, 0.25) is 0 Å². The number of carbonyl (C=O) groups is 2. The average Bonchev–Trinajstić information content (AvgIpc) is 3.39. The molecular formula is C27H41NO3S. The van der Waals surface area contributed by atoms with E-state index < -0.39 is 0 Å². The molecule has 5 rings (SSSR count). The number of fused-ring (bicyclic) bond motifs is 5. The lowest BCUT2D eigenvalue weighted by Crippen LogP contribution is -2.52. The summed E-state index contributed by atoms with van der Waals surface area (Å²) in [7, 11) is 0. The maximum Gasteiger partial charge on any atom is 0.324 e. The summed E-state index contributed by atoms with van der Waals surface area (Å²) in [6.07, 6.45) is 11.6. The lowest BCUT2D eigenvalue weighted by Gasteiger charge is -2.58. The Hall–Kier alpha value is -0.810. The van der Waals surface area contributed by atoms with Gasteiger partial charge < -0.3 is 4.74 Å². The number of carbonyl (C=O) groups excluding carboxylic acids is 2. The van der Waals surface area contributed by atoms with Gasteiger partial charge in [-0.3, -0.25) is 14.9 Å². The van der Waals surface area contributed by atoms with Crippen LogP contribution in [0.3, 0.4) is 0 Å². The van der Waals surface area contributed by atoms with E-state index in [1.165, 1.54) is 37.7 Å². The normalized spacial score (nSPS) is 46.6. The molecule has 0 amide bonds. The molecule has 4 nitrogen and oxygen atoms in total. The second kappa shape index (κ2) is 8.45. The summed E-state index contributed by atoms with van der Waals surface area (Å²) in [6.45, 7) is 9.84. The summed E-state index contributed by atoms with van der Waals surface area (Å²) in [5.41, 5.74) is 2.14. The third-order valence-electron chi connectivity index (χ3n) is 10.5. The second-order valence-electron chi connectivity index (χ2n) is 11.8. The Morgan fingerprint density at radius 2 is 2.00 bits per heavy atom. The smallest absolute Gasteiger partial charge is 0.324 e. The summed E-state index contributed by atoms with van der Waals surface area (Å²) >= 11 is 1.92. The van der Waals surface area contributed by atoms with Crippen molar-refractivity contribution >= 4 is 23.5 Å². The lowest BCUT2D eigenvalue weighted by atomic mass is 9.46. The number of ketones is 1. The molecule has 4 aliphatic carbocycles. The number of hydrogen-bond donors (Lipinski definition) is 1. The molecule has 0 unspecified atom stereocenters. The molecule has 0 aromatic rings. The van der Waals surface area contributed by atoms with Crippen LogP contribution in [0, 0.1) is 40.4 Å². The van der Waals surface area contributed by atoms with E-state index in [1.807, 2.05) is 24.8 Å². The zero-order valence-corrected chi connectivity index (χ0v) is 21.1. The highest BCUT2D eigenvalue weighted by Gasteiger charge is 2.60. The molecular weight excluding hydrogens is 418 g/mol. The Kier molecular flexibility index (Phi) is 6.06. The van der Waals surface area contributed by atoms with Gasteiger partial charge in [0.1, 0.15) is 6.04 Å². The second-order valence-corrected chi connectivity index (χ2v) is 13.0. The first-order valence-electron chi connectivity index (χ1n) is 13.1. The van der Waals surface area contributed by atoms with Crippen molar-refractivity contribution in [2.45, 2.75) is 90.5 Å². The maximum absolute atomic E-state index is 12.2. The predicted octanol–water partition coefficient (Wildman–Crippen LogP) is 5.36. The number of thioether (sulfide) groups is 1. The minimum absolute atomic E-state index is 0.0870. The maximum atomic E-state index is 12.2. The van der Waals surface area contributed by atoms with Crippen LogP contribution in [0.5, 0.6) is 0 Å².